The molecule has 17 heavy (non-hydrogen) atoms. The maximum atomic E-state index is 12.0. The number of halogens is 3. The molecule has 1 N–H and O–H groups in total. The maximum Gasteiger partial charge on any atom is 0.422 e. The lowest BCUT2D eigenvalue weighted by atomic mass is 10.1. The largest absolute Gasteiger partial charge is 0.493 e. The van der Waals surface area contributed by atoms with Crippen LogP contribution in [-0.2, 0) is 0 Å². The van der Waals surface area contributed by atoms with Crippen LogP contribution in [0.2, 0.25) is 0 Å². The number of ether oxygens (including phenoxy) is 2. The van der Waals surface area contributed by atoms with Gasteiger partial charge in [-0.2, -0.15) is 13.2 Å². The molecule has 3 nitrogen and oxygen atoms in total. The molecule has 0 aliphatic rings. The molecule has 96 valence electrons. The molecule has 0 amide bonds. The Morgan fingerprint density at radius 3 is 2.41 bits per heavy atom. The standard InChI is InChI=1S/C11H13F3O3/c1-7(15)8-3-4-9(10(5-8)16-2)17-6-11(12,13)14/h3-5,7,15H,6H2,1-2H3. The molecule has 0 radical (unpaired) electrons. The number of alkyl halides is 3. The van der Waals surface area contributed by atoms with Crippen LogP contribution in [0.15, 0.2) is 18.2 Å². The van der Waals surface area contributed by atoms with E-state index in [2.05, 4.69) is 4.74 Å². The molecule has 0 heterocycles. The van der Waals surface area contributed by atoms with Crippen LogP contribution in [0, 0.1) is 0 Å². The van der Waals surface area contributed by atoms with Gasteiger partial charge in [-0.15, -0.1) is 0 Å². The Bertz CT molecular complexity index is 375. The molecule has 0 spiro atoms. The molecular formula is C11H13F3O3. The number of rotatable bonds is 4. The molecule has 0 bridgehead atoms. The van der Waals surface area contributed by atoms with Gasteiger partial charge in [-0.05, 0) is 24.6 Å². The first-order valence-corrected chi connectivity index (χ1v) is 4.89. The second-order valence-electron chi connectivity index (χ2n) is 3.49. The third kappa shape index (κ3) is 4.14. The van der Waals surface area contributed by atoms with E-state index >= 15 is 0 Å². The van der Waals surface area contributed by atoms with E-state index in [-0.39, 0.29) is 11.5 Å². The Hall–Kier alpha value is -1.43. The van der Waals surface area contributed by atoms with E-state index in [4.69, 9.17) is 4.74 Å². The Balaban J connectivity index is 2.86. The number of methoxy groups -OCH3 is 1. The van der Waals surface area contributed by atoms with Crippen molar-refractivity contribution < 1.29 is 27.8 Å². The number of benzene rings is 1. The quantitative estimate of drug-likeness (QED) is 0.892. The van der Waals surface area contributed by atoms with Crippen molar-refractivity contribution in [1.82, 2.24) is 0 Å². The van der Waals surface area contributed by atoms with Crippen LogP contribution in [-0.4, -0.2) is 25.0 Å². The first-order valence-electron chi connectivity index (χ1n) is 4.89. The van der Waals surface area contributed by atoms with E-state index in [1.54, 1.807) is 6.92 Å². The molecule has 0 saturated carbocycles. The van der Waals surface area contributed by atoms with Gasteiger partial charge in [0.15, 0.2) is 18.1 Å². The second-order valence-corrected chi connectivity index (χ2v) is 3.49. The summed E-state index contributed by atoms with van der Waals surface area (Å²) >= 11 is 0. The third-order valence-electron chi connectivity index (χ3n) is 2.06. The summed E-state index contributed by atoms with van der Waals surface area (Å²) in [6.07, 6.45) is -5.12. The SMILES string of the molecule is COc1cc(C(C)O)ccc1OCC(F)(F)F. The highest BCUT2D eigenvalue weighted by Crippen LogP contribution is 2.31. The van der Waals surface area contributed by atoms with Crippen LogP contribution >= 0.6 is 0 Å². The molecule has 0 aliphatic heterocycles. The van der Waals surface area contributed by atoms with Crippen LogP contribution in [0.5, 0.6) is 11.5 Å². The van der Waals surface area contributed by atoms with Crippen molar-refractivity contribution in [3.63, 3.8) is 0 Å². The molecular weight excluding hydrogens is 237 g/mol. The first kappa shape index (κ1) is 13.6. The van der Waals surface area contributed by atoms with Gasteiger partial charge in [-0.25, -0.2) is 0 Å². The minimum Gasteiger partial charge on any atom is -0.493 e. The second kappa shape index (κ2) is 5.27. The fraction of sp³-hybridized carbons (Fsp3) is 0.455. The molecule has 1 unspecified atom stereocenters. The van der Waals surface area contributed by atoms with Crippen LogP contribution in [0.1, 0.15) is 18.6 Å². The Kier molecular flexibility index (Phi) is 4.22. The van der Waals surface area contributed by atoms with Crippen molar-refractivity contribution in [2.24, 2.45) is 0 Å². The van der Waals surface area contributed by atoms with Crippen LogP contribution in [0.3, 0.4) is 0 Å². The summed E-state index contributed by atoms with van der Waals surface area (Å²) in [6, 6.07) is 4.27. The summed E-state index contributed by atoms with van der Waals surface area (Å²) in [6.45, 7) is 0.169. The summed E-state index contributed by atoms with van der Waals surface area (Å²) in [5.41, 5.74) is 0.543. The van der Waals surface area contributed by atoms with Crippen molar-refractivity contribution in [2.45, 2.75) is 19.2 Å². The van der Waals surface area contributed by atoms with E-state index in [1.807, 2.05) is 0 Å². The molecule has 1 aromatic rings. The van der Waals surface area contributed by atoms with Crippen molar-refractivity contribution in [2.75, 3.05) is 13.7 Å². The monoisotopic (exact) mass is 250 g/mol. The predicted octanol–water partition coefficient (Wildman–Crippen LogP) is 2.69. The summed E-state index contributed by atoms with van der Waals surface area (Å²) in [4.78, 5) is 0. The molecule has 1 aromatic carbocycles. The Labute approximate surface area is 96.8 Å². The van der Waals surface area contributed by atoms with Gasteiger partial charge < -0.3 is 14.6 Å². The summed E-state index contributed by atoms with van der Waals surface area (Å²) < 4.78 is 45.4. The first-order chi connectivity index (χ1) is 7.83. The molecule has 0 fully saturated rings. The molecule has 0 saturated heterocycles. The van der Waals surface area contributed by atoms with Crippen LogP contribution in [0.25, 0.3) is 0 Å². The minimum atomic E-state index is -4.39. The van der Waals surface area contributed by atoms with E-state index in [0.29, 0.717) is 5.56 Å². The van der Waals surface area contributed by atoms with Crippen molar-refractivity contribution in [3.8, 4) is 11.5 Å². The van der Waals surface area contributed by atoms with E-state index in [9.17, 15) is 18.3 Å². The van der Waals surface area contributed by atoms with Crippen LogP contribution in [0.4, 0.5) is 13.2 Å². The average molecular weight is 250 g/mol. The summed E-state index contributed by atoms with van der Waals surface area (Å²) in [7, 11) is 1.32. The summed E-state index contributed by atoms with van der Waals surface area (Å²) in [5, 5.41) is 9.32. The zero-order chi connectivity index (χ0) is 13.1. The van der Waals surface area contributed by atoms with Gasteiger partial charge in [0.25, 0.3) is 0 Å². The average Bonchev–Trinajstić information content (AvgIpc) is 2.24. The van der Waals surface area contributed by atoms with E-state index in [0.717, 1.165) is 0 Å². The summed E-state index contributed by atoms with van der Waals surface area (Å²) in [5.74, 6) is 0.155. The van der Waals surface area contributed by atoms with Gasteiger partial charge in [0.2, 0.25) is 0 Å². The maximum absolute atomic E-state index is 12.0. The minimum absolute atomic E-state index is 0.00535. The fourth-order valence-electron chi connectivity index (χ4n) is 1.22. The van der Waals surface area contributed by atoms with Gasteiger partial charge in [-0.1, -0.05) is 6.07 Å². The van der Waals surface area contributed by atoms with Gasteiger partial charge in [0.05, 0.1) is 13.2 Å². The highest BCUT2D eigenvalue weighted by Gasteiger charge is 2.29. The van der Waals surface area contributed by atoms with E-state index < -0.39 is 18.9 Å². The lowest BCUT2D eigenvalue weighted by Gasteiger charge is -2.14. The van der Waals surface area contributed by atoms with Crippen molar-refractivity contribution >= 4 is 0 Å². The number of hydrogen-bond acceptors (Lipinski definition) is 3. The third-order valence-corrected chi connectivity index (χ3v) is 2.06. The predicted molar refractivity (Wildman–Crippen MR) is 55.2 cm³/mol. The van der Waals surface area contributed by atoms with E-state index in [1.165, 1.54) is 25.3 Å². The smallest absolute Gasteiger partial charge is 0.422 e. The molecule has 0 aromatic heterocycles. The number of aliphatic hydroxyl groups excluding tert-OH is 1. The lowest BCUT2D eigenvalue weighted by molar-refractivity contribution is -0.153. The number of hydrogen-bond donors (Lipinski definition) is 1. The molecule has 6 heteroatoms. The Morgan fingerprint density at radius 1 is 1.29 bits per heavy atom. The zero-order valence-electron chi connectivity index (χ0n) is 9.41. The van der Waals surface area contributed by atoms with Gasteiger partial charge in [0.1, 0.15) is 0 Å². The van der Waals surface area contributed by atoms with Crippen LogP contribution < -0.4 is 9.47 Å². The normalized spacial score (nSPS) is 13.3. The highest BCUT2D eigenvalue weighted by molar-refractivity contribution is 5.43. The Morgan fingerprint density at radius 2 is 1.94 bits per heavy atom. The zero-order valence-corrected chi connectivity index (χ0v) is 9.41. The lowest BCUT2D eigenvalue weighted by Crippen LogP contribution is -2.19. The highest BCUT2D eigenvalue weighted by atomic mass is 19.4. The van der Waals surface area contributed by atoms with Gasteiger partial charge in [0, 0.05) is 0 Å². The molecule has 0 aliphatic carbocycles. The topological polar surface area (TPSA) is 38.7 Å². The van der Waals surface area contributed by atoms with Gasteiger partial charge in [-0.3, -0.25) is 0 Å². The number of aliphatic hydroxyl groups is 1. The molecule has 1 rings (SSSR count). The molecule has 1 atom stereocenters. The van der Waals surface area contributed by atoms with Gasteiger partial charge >= 0.3 is 6.18 Å². The fourth-order valence-corrected chi connectivity index (χ4v) is 1.22. The van der Waals surface area contributed by atoms with Crippen molar-refractivity contribution in [3.05, 3.63) is 23.8 Å². The van der Waals surface area contributed by atoms with Crippen molar-refractivity contribution in [1.29, 1.82) is 0 Å².